The van der Waals surface area contributed by atoms with Gasteiger partial charge in [0, 0.05) is 14.2 Å². The summed E-state index contributed by atoms with van der Waals surface area (Å²) in [7, 11) is 0. The van der Waals surface area contributed by atoms with Crippen molar-refractivity contribution in [1.29, 1.82) is 0 Å². The Labute approximate surface area is 271 Å². The smallest absolute Gasteiger partial charge is 0.338 e. The average Bonchev–Trinajstić information content (AvgIpc) is 3.22. The van der Waals surface area contributed by atoms with Crippen LogP contribution in [0.2, 0.25) is 5.02 Å². The van der Waals surface area contributed by atoms with E-state index >= 15 is 0 Å². The molecule has 6 nitrogen and oxygen atoms in total. The summed E-state index contributed by atoms with van der Waals surface area (Å²) in [6.45, 7) is 3.89. The SMILES string of the molecule is CCOC(=O)C1=C(C)N=c2s/c(=C\c3cc(I)cc(I)c3OCc3cccc(Cl)c3)c(=O)n2[C@@H]1c1ccc(F)cc1. The number of aromatic nitrogens is 1. The van der Waals surface area contributed by atoms with Gasteiger partial charge in [-0.1, -0.05) is 47.2 Å². The Balaban J connectivity index is 1.65. The summed E-state index contributed by atoms with van der Waals surface area (Å²) in [5, 5.41) is 0.623. The Morgan fingerprint density at radius 2 is 1.93 bits per heavy atom. The molecular formula is C30H22ClFI2N2O4S. The van der Waals surface area contributed by atoms with Crippen LogP contribution in [0.1, 0.15) is 36.6 Å². The summed E-state index contributed by atoms with van der Waals surface area (Å²) in [5.74, 6) is -0.352. The van der Waals surface area contributed by atoms with Gasteiger partial charge in [0.05, 0.1) is 32.0 Å². The van der Waals surface area contributed by atoms with Gasteiger partial charge < -0.3 is 9.47 Å². The largest absolute Gasteiger partial charge is 0.487 e. The van der Waals surface area contributed by atoms with E-state index in [1.165, 1.54) is 28.0 Å². The molecule has 0 saturated carbocycles. The highest BCUT2D eigenvalue weighted by Gasteiger charge is 2.33. The highest BCUT2D eigenvalue weighted by atomic mass is 127. The molecule has 0 fully saturated rings. The van der Waals surface area contributed by atoms with Gasteiger partial charge >= 0.3 is 5.97 Å². The lowest BCUT2D eigenvalue weighted by atomic mass is 9.96. The molecule has 11 heteroatoms. The molecule has 0 aliphatic carbocycles. The molecule has 1 atom stereocenters. The first-order chi connectivity index (χ1) is 19.7. The summed E-state index contributed by atoms with van der Waals surface area (Å²) < 4.78 is 29.1. The number of esters is 1. The Hall–Kier alpha value is -2.55. The number of carbonyl (C=O) groups excluding carboxylic acids is 1. The maximum absolute atomic E-state index is 14.0. The normalized spacial score (nSPS) is 15.0. The second-order valence-corrected chi connectivity index (χ2v) is 12.9. The standard InChI is InChI=1S/C30H22ClFI2N2O4S/c1-3-39-29(38)25-16(2)35-30-36(26(25)18-7-9-21(32)10-8-18)28(37)24(41-30)13-19-12-22(33)14-23(34)27(19)40-15-17-5-4-6-20(31)11-17/h4-14,26H,3,15H2,1-2H3/b24-13-/t26-/m1/s1. The molecule has 2 heterocycles. The minimum atomic E-state index is -0.817. The van der Waals surface area contributed by atoms with Crippen LogP contribution in [0.4, 0.5) is 4.39 Å². The third-order valence-corrected chi connectivity index (χ3v) is 8.94. The van der Waals surface area contributed by atoms with Gasteiger partial charge in [0.15, 0.2) is 4.80 Å². The molecular weight excluding hydrogens is 793 g/mol. The summed E-state index contributed by atoms with van der Waals surface area (Å²) in [5.41, 5.74) is 2.58. The topological polar surface area (TPSA) is 69.9 Å². The third-order valence-electron chi connectivity index (χ3n) is 6.30. The third kappa shape index (κ3) is 6.45. The number of allylic oxidation sites excluding steroid dienone is 1. The predicted octanol–water partition coefficient (Wildman–Crippen LogP) is 6.38. The Morgan fingerprint density at radius 3 is 2.63 bits per heavy atom. The first-order valence-electron chi connectivity index (χ1n) is 12.5. The van der Waals surface area contributed by atoms with Crippen molar-refractivity contribution in [2.45, 2.75) is 26.5 Å². The van der Waals surface area contributed by atoms with Gasteiger partial charge in [-0.05, 0) is 113 Å². The maximum Gasteiger partial charge on any atom is 0.338 e. The zero-order chi connectivity index (χ0) is 29.3. The van der Waals surface area contributed by atoms with Crippen molar-refractivity contribution < 1.29 is 18.7 Å². The van der Waals surface area contributed by atoms with E-state index in [1.807, 2.05) is 30.3 Å². The fourth-order valence-electron chi connectivity index (χ4n) is 4.52. The van der Waals surface area contributed by atoms with Crippen LogP contribution in [-0.2, 0) is 16.1 Å². The van der Waals surface area contributed by atoms with E-state index < -0.39 is 17.8 Å². The van der Waals surface area contributed by atoms with E-state index in [0.29, 0.717) is 38.0 Å². The van der Waals surface area contributed by atoms with E-state index in [0.717, 1.165) is 18.3 Å². The molecule has 0 saturated heterocycles. The van der Waals surface area contributed by atoms with Crippen LogP contribution in [0.25, 0.3) is 6.08 Å². The number of benzene rings is 3. The fourth-order valence-corrected chi connectivity index (χ4v) is 7.81. The Morgan fingerprint density at radius 1 is 1.17 bits per heavy atom. The van der Waals surface area contributed by atoms with Crippen molar-refractivity contribution in [1.82, 2.24) is 4.57 Å². The van der Waals surface area contributed by atoms with Crippen LogP contribution in [0.3, 0.4) is 0 Å². The summed E-state index contributed by atoms with van der Waals surface area (Å²) in [6.07, 6.45) is 1.78. The van der Waals surface area contributed by atoms with Crippen LogP contribution in [0, 0.1) is 13.0 Å². The van der Waals surface area contributed by atoms with Crippen LogP contribution in [0.5, 0.6) is 5.75 Å². The molecule has 0 radical (unpaired) electrons. The number of hydrogen-bond acceptors (Lipinski definition) is 6. The predicted molar refractivity (Wildman–Crippen MR) is 174 cm³/mol. The van der Waals surface area contributed by atoms with Crippen molar-refractivity contribution in [3.05, 3.63) is 126 Å². The van der Waals surface area contributed by atoms with Gasteiger partial charge in [0.2, 0.25) is 0 Å². The van der Waals surface area contributed by atoms with E-state index in [-0.39, 0.29) is 17.7 Å². The van der Waals surface area contributed by atoms with Gasteiger partial charge in [0.1, 0.15) is 18.2 Å². The second kappa shape index (κ2) is 12.8. The molecule has 1 aromatic heterocycles. The highest BCUT2D eigenvalue weighted by Crippen LogP contribution is 2.32. The Bertz CT molecular complexity index is 1870. The molecule has 0 unspecified atom stereocenters. The van der Waals surface area contributed by atoms with Crippen molar-refractivity contribution in [3.8, 4) is 5.75 Å². The van der Waals surface area contributed by atoms with Crippen LogP contribution >= 0.6 is 68.1 Å². The van der Waals surface area contributed by atoms with E-state index in [2.05, 4.69) is 50.2 Å². The molecule has 5 rings (SSSR count). The minimum Gasteiger partial charge on any atom is -0.487 e. The molecule has 1 aliphatic rings. The fraction of sp³-hybridized carbons (Fsp3) is 0.167. The van der Waals surface area contributed by atoms with E-state index in [4.69, 9.17) is 21.1 Å². The van der Waals surface area contributed by atoms with Gasteiger partial charge in [-0.25, -0.2) is 14.2 Å². The highest BCUT2D eigenvalue weighted by molar-refractivity contribution is 14.1. The van der Waals surface area contributed by atoms with Crippen molar-refractivity contribution in [3.63, 3.8) is 0 Å². The number of thiazole rings is 1. The molecule has 0 N–H and O–H groups in total. The first-order valence-corrected chi connectivity index (χ1v) is 15.8. The van der Waals surface area contributed by atoms with E-state index in [9.17, 15) is 14.0 Å². The minimum absolute atomic E-state index is 0.166. The number of halogens is 4. The molecule has 0 bridgehead atoms. The molecule has 0 spiro atoms. The number of hydrogen-bond donors (Lipinski definition) is 0. The molecule has 0 amide bonds. The zero-order valence-electron chi connectivity index (χ0n) is 21.8. The van der Waals surface area contributed by atoms with Crippen LogP contribution in [0.15, 0.2) is 81.7 Å². The summed E-state index contributed by atoms with van der Waals surface area (Å²) in [4.78, 5) is 32.1. The number of nitrogens with zero attached hydrogens (tertiary/aromatic N) is 2. The van der Waals surface area contributed by atoms with Crippen LogP contribution in [-0.4, -0.2) is 17.1 Å². The van der Waals surface area contributed by atoms with Gasteiger partial charge in [-0.3, -0.25) is 9.36 Å². The maximum atomic E-state index is 14.0. The number of rotatable bonds is 7. The van der Waals surface area contributed by atoms with Gasteiger partial charge in [0.25, 0.3) is 5.56 Å². The average molecular weight is 815 g/mol. The van der Waals surface area contributed by atoms with Gasteiger partial charge in [-0.15, -0.1) is 0 Å². The quantitative estimate of drug-likeness (QED) is 0.161. The lowest BCUT2D eigenvalue weighted by molar-refractivity contribution is -0.139. The number of fused-ring (bicyclic) bond motifs is 1. The summed E-state index contributed by atoms with van der Waals surface area (Å²) in [6, 6.07) is 16.3. The van der Waals surface area contributed by atoms with Crippen molar-refractivity contribution >= 4 is 80.2 Å². The molecule has 210 valence electrons. The lowest BCUT2D eigenvalue weighted by Crippen LogP contribution is -2.39. The van der Waals surface area contributed by atoms with Crippen molar-refractivity contribution in [2.75, 3.05) is 6.61 Å². The molecule has 1 aliphatic heterocycles. The first kappa shape index (κ1) is 29.9. The second-order valence-electron chi connectivity index (χ2n) is 9.08. The monoisotopic (exact) mass is 814 g/mol. The van der Waals surface area contributed by atoms with Crippen LogP contribution < -0.4 is 19.6 Å². The summed E-state index contributed by atoms with van der Waals surface area (Å²) >= 11 is 11.8. The van der Waals surface area contributed by atoms with Gasteiger partial charge in [-0.2, -0.15) is 0 Å². The molecule has 4 aromatic rings. The molecule has 3 aromatic carbocycles. The lowest BCUT2D eigenvalue weighted by Gasteiger charge is -2.24. The van der Waals surface area contributed by atoms with E-state index in [1.54, 1.807) is 38.1 Å². The molecule has 41 heavy (non-hydrogen) atoms. The van der Waals surface area contributed by atoms with Crippen molar-refractivity contribution in [2.24, 2.45) is 4.99 Å². The number of ether oxygens (including phenoxy) is 2. The number of carbonyl (C=O) groups is 1. The Kier molecular flexibility index (Phi) is 9.31. The zero-order valence-corrected chi connectivity index (χ0v) is 27.7.